The maximum Gasteiger partial charge on any atom is 0.408 e. The van der Waals surface area contributed by atoms with Gasteiger partial charge in [0.15, 0.2) is 0 Å². The minimum absolute atomic E-state index is 0.0777. The van der Waals surface area contributed by atoms with Crippen LogP contribution in [0, 0.1) is 19.8 Å². The Morgan fingerprint density at radius 1 is 1.00 bits per heavy atom. The number of hydrogen-bond acceptors (Lipinski definition) is 5. The summed E-state index contributed by atoms with van der Waals surface area (Å²) in [4.78, 5) is 42.4. The highest BCUT2D eigenvalue weighted by atomic mass is 16.6. The van der Waals surface area contributed by atoms with Crippen molar-refractivity contribution < 1.29 is 24.2 Å². The molecule has 0 aromatic heterocycles. The average Bonchev–Trinajstić information content (AvgIpc) is 2.82. The van der Waals surface area contributed by atoms with Gasteiger partial charge >= 0.3 is 6.09 Å². The van der Waals surface area contributed by atoms with E-state index < -0.39 is 35.6 Å². The van der Waals surface area contributed by atoms with Crippen molar-refractivity contribution in [1.82, 2.24) is 10.2 Å². The van der Waals surface area contributed by atoms with Gasteiger partial charge in [-0.25, -0.2) is 4.79 Å². The number of benzene rings is 2. The summed E-state index contributed by atoms with van der Waals surface area (Å²) in [5.74, 6) is -0.866. The Morgan fingerprint density at radius 3 is 2.15 bits per heavy atom. The molecule has 0 bridgehead atoms. The molecule has 0 spiro atoms. The molecule has 0 radical (unpaired) electrons. The van der Waals surface area contributed by atoms with E-state index in [1.54, 1.807) is 39.0 Å². The number of carbonyl (C=O) groups excluding carboxylic acids is 3. The van der Waals surface area contributed by atoms with Crippen LogP contribution in [0.2, 0.25) is 0 Å². The third kappa shape index (κ3) is 9.30. The number of para-hydroxylation sites is 2. The molecule has 2 unspecified atom stereocenters. The zero-order valence-corrected chi connectivity index (χ0v) is 24.6. The highest BCUT2D eigenvalue weighted by Crippen LogP contribution is 2.32. The Bertz CT molecular complexity index is 1120. The monoisotopic (exact) mass is 539 g/mol. The summed E-state index contributed by atoms with van der Waals surface area (Å²) < 4.78 is 5.44. The van der Waals surface area contributed by atoms with Gasteiger partial charge in [0.2, 0.25) is 5.91 Å². The van der Waals surface area contributed by atoms with Gasteiger partial charge in [0.25, 0.3) is 5.91 Å². The second-order valence-corrected chi connectivity index (χ2v) is 11.4. The van der Waals surface area contributed by atoms with Crippen LogP contribution in [0.15, 0.2) is 42.5 Å². The normalized spacial score (nSPS) is 12.9. The number of nitrogens with zero attached hydrogens (tertiary/aromatic N) is 1. The third-order valence-electron chi connectivity index (χ3n) is 6.25. The number of nitrogens with one attached hydrogen (secondary N) is 2. The number of phenolic OH excluding ortho intramolecular Hbond substituents is 1. The van der Waals surface area contributed by atoms with E-state index in [1.807, 2.05) is 52.8 Å². The van der Waals surface area contributed by atoms with Gasteiger partial charge in [0.1, 0.15) is 23.4 Å². The molecule has 2 rings (SSSR count). The highest BCUT2D eigenvalue weighted by Gasteiger charge is 2.37. The molecule has 3 N–H and O–H groups in total. The molecular formula is C31H45N3O5. The fourth-order valence-electron chi connectivity index (χ4n) is 4.41. The number of amides is 3. The Balaban J connectivity index is 2.58. The van der Waals surface area contributed by atoms with Gasteiger partial charge in [0, 0.05) is 17.8 Å². The quantitative estimate of drug-likeness (QED) is 0.312. The molecule has 0 fully saturated rings. The lowest BCUT2D eigenvalue weighted by atomic mass is 9.98. The Hall–Kier alpha value is -3.55. The summed E-state index contributed by atoms with van der Waals surface area (Å²) in [6, 6.07) is 10.2. The first-order chi connectivity index (χ1) is 18.2. The molecule has 8 nitrogen and oxygen atoms in total. The van der Waals surface area contributed by atoms with Crippen LogP contribution < -0.4 is 10.6 Å². The van der Waals surface area contributed by atoms with Crippen molar-refractivity contribution in [2.45, 2.75) is 92.3 Å². The zero-order valence-electron chi connectivity index (χ0n) is 24.6. The first-order valence-corrected chi connectivity index (χ1v) is 13.7. The molecule has 0 aliphatic rings. The first kappa shape index (κ1) is 31.7. The lowest BCUT2D eigenvalue weighted by Gasteiger charge is -2.35. The van der Waals surface area contributed by atoms with Crippen LogP contribution in [0.25, 0.3) is 0 Å². The van der Waals surface area contributed by atoms with Crippen LogP contribution in [-0.2, 0) is 14.3 Å². The number of carbonyl (C=O) groups is 3. The molecular weight excluding hydrogens is 494 g/mol. The number of alkyl carbamates (subject to hydrolysis) is 1. The number of aryl methyl sites for hydroxylation is 2. The number of hydrogen-bond donors (Lipinski definition) is 3. The number of anilines is 1. The van der Waals surface area contributed by atoms with E-state index in [0.717, 1.165) is 17.5 Å². The van der Waals surface area contributed by atoms with Gasteiger partial charge in [-0.15, -0.1) is 0 Å². The van der Waals surface area contributed by atoms with Crippen molar-refractivity contribution in [3.63, 3.8) is 0 Å². The molecule has 2 aromatic carbocycles. The van der Waals surface area contributed by atoms with Gasteiger partial charge in [-0.05, 0) is 70.6 Å². The lowest BCUT2D eigenvalue weighted by Crippen LogP contribution is -2.53. The van der Waals surface area contributed by atoms with E-state index in [-0.39, 0.29) is 18.2 Å². The maximum atomic E-state index is 14.2. The van der Waals surface area contributed by atoms with Crippen molar-refractivity contribution in [2.75, 3.05) is 11.9 Å². The summed E-state index contributed by atoms with van der Waals surface area (Å²) in [6.07, 6.45) is 1.07. The predicted molar refractivity (Wildman–Crippen MR) is 155 cm³/mol. The lowest BCUT2D eigenvalue weighted by molar-refractivity contribution is -0.141. The van der Waals surface area contributed by atoms with E-state index in [9.17, 15) is 19.5 Å². The van der Waals surface area contributed by atoms with E-state index in [1.165, 1.54) is 11.0 Å². The minimum Gasteiger partial charge on any atom is -0.508 e. The molecule has 0 aliphatic carbocycles. The number of unbranched alkanes of at least 4 members (excludes halogenated alkanes) is 1. The molecule has 214 valence electrons. The maximum absolute atomic E-state index is 14.2. The van der Waals surface area contributed by atoms with Gasteiger partial charge in [-0.3, -0.25) is 9.59 Å². The van der Waals surface area contributed by atoms with E-state index >= 15 is 0 Å². The van der Waals surface area contributed by atoms with Crippen molar-refractivity contribution >= 4 is 23.6 Å². The van der Waals surface area contributed by atoms with Crippen molar-refractivity contribution in [2.24, 2.45) is 5.92 Å². The highest BCUT2D eigenvalue weighted by molar-refractivity contribution is 6.00. The SMILES string of the molecule is CCCCN(C(=O)C(CC(C)C)NC(=O)OC(C)(C)C)C(C(=O)Nc1c(C)cccc1C)c1ccccc1O. The Labute approximate surface area is 233 Å². The summed E-state index contributed by atoms with van der Waals surface area (Å²) in [5, 5.41) is 16.6. The van der Waals surface area contributed by atoms with E-state index in [2.05, 4.69) is 10.6 Å². The molecule has 0 aliphatic heterocycles. The number of phenols is 1. The standard InChI is InChI=1S/C31H45N3O5/c1-9-10-18-34(29(37)24(19-20(2)3)32-30(38)39-31(6,7)8)27(23-16-11-12-17-25(23)35)28(36)33-26-21(4)14-13-15-22(26)5/h11-17,20,24,27,35H,9-10,18-19H2,1-8H3,(H,32,38)(H,33,36). The zero-order chi connectivity index (χ0) is 29.3. The van der Waals surface area contributed by atoms with Crippen LogP contribution in [-0.4, -0.2) is 46.1 Å². The number of rotatable bonds is 11. The molecule has 0 heterocycles. The van der Waals surface area contributed by atoms with Crippen molar-refractivity contribution in [3.05, 3.63) is 59.2 Å². The Morgan fingerprint density at radius 2 is 1.62 bits per heavy atom. The van der Waals surface area contributed by atoms with Gasteiger partial charge in [0.05, 0.1) is 0 Å². The second-order valence-electron chi connectivity index (χ2n) is 11.4. The summed E-state index contributed by atoms with van der Waals surface area (Å²) in [6.45, 7) is 15.3. The Kier molecular flexibility index (Phi) is 11.4. The predicted octanol–water partition coefficient (Wildman–Crippen LogP) is 6.26. The average molecular weight is 540 g/mol. The van der Waals surface area contributed by atoms with E-state index in [0.29, 0.717) is 24.1 Å². The molecule has 2 atom stereocenters. The van der Waals surface area contributed by atoms with Crippen LogP contribution in [0.4, 0.5) is 10.5 Å². The summed E-state index contributed by atoms with van der Waals surface area (Å²) in [5.41, 5.74) is 2.01. The van der Waals surface area contributed by atoms with Gasteiger partial charge in [-0.2, -0.15) is 0 Å². The van der Waals surface area contributed by atoms with Crippen LogP contribution in [0.5, 0.6) is 5.75 Å². The van der Waals surface area contributed by atoms with Gasteiger partial charge < -0.3 is 25.4 Å². The van der Waals surface area contributed by atoms with Crippen molar-refractivity contribution in [3.8, 4) is 5.75 Å². The molecule has 39 heavy (non-hydrogen) atoms. The number of ether oxygens (including phenoxy) is 1. The fraction of sp³-hybridized carbons (Fsp3) is 0.516. The van der Waals surface area contributed by atoms with Crippen molar-refractivity contribution in [1.29, 1.82) is 0 Å². The molecule has 0 saturated heterocycles. The van der Waals surface area contributed by atoms with Crippen LogP contribution in [0.3, 0.4) is 0 Å². The molecule has 0 saturated carbocycles. The first-order valence-electron chi connectivity index (χ1n) is 13.7. The summed E-state index contributed by atoms with van der Waals surface area (Å²) in [7, 11) is 0. The fourth-order valence-corrected chi connectivity index (χ4v) is 4.41. The van der Waals surface area contributed by atoms with E-state index in [4.69, 9.17) is 4.74 Å². The third-order valence-corrected chi connectivity index (χ3v) is 6.25. The molecule has 2 aromatic rings. The van der Waals surface area contributed by atoms with Gasteiger partial charge in [-0.1, -0.05) is 63.6 Å². The minimum atomic E-state index is -1.13. The number of aromatic hydroxyl groups is 1. The second kappa shape index (κ2) is 14.0. The summed E-state index contributed by atoms with van der Waals surface area (Å²) >= 11 is 0. The molecule has 3 amide bonds. The largest absolute Gasteiger partial charge is 0.508 e. The van der Waals surface area contributed by atoms with Crippen LogP contribution >= 0.6 is 0 Å². The smallest absolute Gasteiger partial charge is 0.408 e. The van der Waals surface area contributed by atoms with Crippen LogP contribution in [0.1, 0.15) is 83.5 Å². The topological polar surface area (TPSA) is 108 Å². The molecule has 8 heteroatoms.